The molecule has 1 N–H and O–H groups in total. The summed E-state index contributed by atoms with van der Waals surface area (Å²) < 4.78 is 0. The Labute approximate surface area is 143 Å². The summed E-state index contributed by atoms with van der Waals surface area (Å²) in [5.74, 6) is 0.945. The maximum Gasteiger partial charge on any atom is 0.230 e. The van der Waals surface area contributed by atoms with Crippen molar-refractivity contribution in [2.24, 2.45) is 11.8 Å². The van der Waals surface area contributed by atoms with E-state index in [4.69, 9.17) is 0 Å². The second kappa shape index (κ2) is 7.60. The first kappa shape index (κ1) is 16.7. The van der Waals surface area contributed by atoms with Crippen LogP contribution in [0.1, 0.15) is 37.7 Å². The van der Waals surface area contributed by atoms with Gasteiger partial charge in [-0.1, -0.05) is 18.2 Å². The number of aromatic nitrogens is 1. The third kappa shape index (κ3) is 4.22. The number of piperidine rings is 1. The zero-order chi connectivity index (χ0) is 16.9. The molecule has 2 atom stereocenters. The first-order valence-electron chi connectivity index (χ1n) is 8.80. The molecular weight excluding hydrogens is 302 g/mol. The van der Waals surface area contributed by atoms with Gasteiger partial charge in [0.2, 0.25) is 11.8 Å². The van der Waals surface area contributed by atoms with E-state index in [-0.39, 0.29) is 17.7 Å². The Balaban J connectivity index is 1.54. The number of carbonyl (C=O) groups excluding carboxylic acids is 2. The van der Waals surface area contributed by atoms with Crippen molar-refractivity contribution < 1.29 is 9.59 Å². The minimum Gasteiger partial charge on any atom is -0.342 e. The first-order valence-corrected chi connectivity index (χ1v) is 8.80. The fraction of sp³-hybridized carbons (Fsp3) is 0.526. The highest BCUT2D eigenvalue weighted by atomic mass is 16.2. The Morgan fingerprint density at radius 3 is 2.92 bits per heavy atom. The van der Waals surface area contributed by atoms with Gasteiger partial charge in [-0.15, -0.1) is 0 Å². The maximum atomic E-state index is 12.5. The highest BCUT2D eigenvalue weighted by Gasteiger charge is 2.29. The molecule has 0 unspecified atom stereocenters. The van der Waals surface area contributed by atoms with E-state index in [0.717, 1.165) is 37.8 Å². The lowest BCUT2D eigenvalue weighted by Crippen LogP contribution is -2.44. The summed E-state index contributed by atoms with van der Waals surface area (Å²) in [7, 11) is 0. The van der Waals surface area contributed by atoms with Crippen LogP contribution < -0.4 is 5.32 Å². The molecule has 1 aromatic rings. The first-order chi connectivity index (χ1) is 11.6. The molecule has 0 radical (unpaired) electrons. The summed E-state index contributed by atoms with van der Waals surface area (Å²) in [6.07, 6.45) is 10.5. The molecule has 128 valence electrons. The van der Waals surface area contributed by atoms with Crippen molar-refractivity contribution >= 4 is 17.6 Å². The van der Waals surface area contributed by atoms with E-state index in [1.807, 2.05) is 24.0 Å². The standard InChI is InChI=1S/C19H25N3O2/c1-14-8-9-17(20-12-14)21-19(24)16-7-4-10-22(13-16)18(23)11-15-5-2-3-6-15/h2,5,8-9,12,15-16H,3-4,6-7,10-11,13H2,1H3,(H,20,21,24)/t15-,16-/m0/s1. The minimum absolute atomic E-state index is 0.0374. The number of nitrogens with one attached hydrogen (secondary N) is 1. The van der Waals surface area contributed by atoms with Gasteiger partial charge in [-0.2, -0.15) is 0 Å². The van der Waals surface area contributed by atoms with Crippen molar-refractivity contribution in [3.05, 3.63) is 36.0 Å². The monoisotopic (exact) mass is 327 g/mol. The van der Waals surface area contributed by atoms with Gasteiger partial charge in [0, 0.05) is 25.7 Å². The molecule has 24 heavy (non-hydrogen) atoms. The maximum absolute atomic E-state index is 12.5. The molecule has 5 nitrogen and oxygen atoms in total. The van der Waals surface area contributed by atoms with Gasteiger partial charge in [0.05, 0.1) is 5.92 Å². The fourth-order valence-electron chi connectivity index (χ4n) is 3.41. The van der Waals surface area contributed by atoms with Crippen LogP contribution in [0.2, 0.25) is 0 Å². The average Bonchev–Trinajstić information content (AvgIpc) is 3.10. The molecule has 0 saturated carbocycles. The van der Waals surface area contributed by atoms with E-state index in [2.05, 4.69) is 22.5 Å². The molecule has 0 aromatic carbocycles. The molecule has 3 rings (SSSR count). The molecule has 2 heterocycles. The van der Waals surface area contributed by atoms with E-state index in [9.17, 15) is 9.59 Å². The van der Waals surface area contributed by atoms with E-state index in [1.54, 1.807) is 6.20 Å². The molecule has 2 amide bonds. The number of allylic oxidation sites excluding steroid dienone is 2. The summed E-state index contributed by atoms with van der Waals surface area (Å²) >= 11 is 0. The van der Waals surface area contributed by atoms with E-state index >= 15 is 0 Å². The van der Waals surface area contributed by atoms with Crippen LogP contribution >= 0.6 is 0 Å². The molecule has 1 saturated heterocycles. The van der Waals surface area contributed by atoms with Gasteiger partial charge in [-0.05, 0) is 50.2 Å². The lowest BCUT2D eigenvalue weighted by molar-refractivity contribution is -0.135. The van der Waals surface area contributed by atoms with Crippen molar-refractivity contribution in [1.82, 2.24) is 9.88 Å². The van der Waals surface area contributed by atoms with Crippen LogP contribution in [0.25, 0.3) is 0 Å². The Morgan fingerprint density at radius 1 is 1.33 bits per heavy atom. The van der Waals surface area contributed by atoms with Gasteiger partial charge in [-0.3, -0.25) is 9.59 Å². The van der Waals surface area contributed by atoms with Crippen molar-refractivity contribution in [3.63, 3.8) is 0 Å². The molecular formula is C19H25N3O2. The second-order valence-electron chi connectivity index (χ2n) is 6.86. The Bertz CT molecular complexity index is 624. The largest absolute Gasteiger partial charge is 0.342 e. The van der Waals surface area contributed by atoms with Crippen LogP contribution in [-0.2, 0) is 9.59 Å². The molecule has 1 aliphatic heterocycles. The van der Waals surface area contributed by atoms with Crippen LogP contribution in [0, 0.1) is 18.8 Å². The van der Waals surface area contributed by atoms with Gasteiger partial charge in [0.25, 0.3) is 0 Å². The summed E-state index contributed by atoms with van der Waals surface area (Å²) in [6, 6.07) is 3.74. The summed E-state index contributed by atoms with van der Waals surface area (Å²) in [5.41, 5.74) is 1.06. The summed E-state index contributed by atoms with van der Waals surface area (Å²) in [5, 5.41) is 2.87. The highest BCUT2D eigenvalue weighted by molar-refractivity contribution is 5.92. The molecule has 2 aliphatic rings. The highest BCUT2D eigenvalue weighted by Crippen LogP contribution is 2.24. The number of nitrogens with zero attached hydrogens (tertiary/aromatic N) is 2. The normalized spacial score (nSPS) is 23.3. The van der Waals surface area contributed by atoms with Crippen molar-refractivity contribution in [1.29, 1.82) is 0 Å². The van der Waals surface area contributed by atoms with Crippen LogP contribution in [0.15, 0.2) is 30.5 Å². The number of hydrogen-bond donors (Lipinski definition) is 1. The lowest BCUT2D eigenvalue weighted by atomic mass is 9.95. The molecule has 1 fully saturated rings. The predicted molar refractivity (Wildman–Crippen MR) is 93.4 cm³/mol. The van der Waals surface area contributed by atoms with Crippen LogP contribution in [0.4, 0.5) is 5.82 Å². The molecule has 0 spiro atoms. The number of likely N-dealkylation sites (tertiary alicyclic amines) is 1. The van der Waals surface area contributed by atoms with E-state index < -0.39 is 0 Å². The molecule has 5 heteroatoms. The predicted octanol–water partition coefficient (Wildman–Crippen LogP) is 2.92. The summed E-state index contributed by atoms with van der Waals surface area (Å²) in [4.78, 5) is 31.0. The number of rotatable bonds is 4. The van der Waals surface area contributed by atoms with Crippen molar-refractivity contribution in [2.45, 2.75) is 39.0 Å². The van der Waals surface area contributed by atoms with Crippen LogP contribution in [0.5, 0.6) is 0 Å². The van der Waals surface area contributed by atoms with E-state index in [1.165, 1.54) is 0 Å². The van der Waals surface area contributed by atoms with Crippen molar-refractivity contribution in [2.75, 3.05) is 18.4 Å². The van der Waals surface area contributed by atoms with Crippen LogP contribution in [-0.4, -0.2) is 34.8 Å². The van der Waals surface area contributed by atoms with Crippen LogP contribution in [0.3, 0.4) is 0 Å². The third-order valence-electron chi connectivity index (χ3n) is 4.86. The van der Waals surface area contributed by atoms with Gasteiger partial charge in [-0.25, -0.2) is 4.98 Å². The molecule has 1 aliphatic carbocycles. The zero-order valence-electron chi connectivity index (χ0n) is 14.2. The smallest absolute Gasteiger partial charge is 0.230 e. The molecule has 1 aromatic heterocycles. The van der Waals surface area contributed by atoms with E-state index in [0.29, 0.717) is 24.7 Å². The minimum atomic E-state index is -0.148. The quantitative estimate of drug-likeness (QED) is 0.865. The van der Waals surface area contributed by atoms with Gasteiger partial charge < -0.3 is 10.2 Å². The van der Waals surface area contributed by atoms with Gasteiger partial charge in [0.1, 0.15) is 5.82 Å². The summed E-state index contributed by atoms with van der Waals surface area (Å²) in [6.45, 7) is 3.25. The van der Waals surface area contributed by atoms with Gasteiger partial charge >= 0.3 is 0 Å². The lowest BCUT2D eigenvalue weighted by Gasteiger charge is -2.32. The Hall–Kier alpha value is -2.17. The number of amides is 2. The number of aryl methyl sites for hydroxylation is 1. The number of carbonyl (C=O) groups is 2. The zero-order valence-corrected chi connectivity index (χ0v) is 14.2. The molecule has 0 bridgehead atoms. The SMILES string of the molecule is Cc1ccc(NC(=O)[C@H]2CCCN(C(=O)C[C@H]3C=CCC3)C2)nc1. The third-order valence-corrected chi connectivity index (χ3v) is 4.86. The average molecular weight is 327 g/mol. The fourth-order valence-corrected chi connectivity index (χ4v) is 3.41. The number of hydrogen-bond acceptors (Lipinski definition) is 3. The Morgan fingerprint density at radius 2 is 2.21 bits per heavy atom. The Kier molecular flexibility index (Phi) is 5.28. The number of pyridine rings is 1. The van der Waals surface area contributed by atoms with Crippen molar-refractivity contribution in [3.8, 4) is 0 Å². The topological polar surface area (TPSA) is 62.3 Å². The second-order valence-corrected chi connectivity index (χ2v) is 6.86. The number of anilines is 1. The van der Waals surface area contributed by atoms with Gasteiger partial charge in [0.15, 0.2) is 0 Å².